The van der Waals surface area contributed by atoms with Gasteiger partial charge in [-0.25, -0.2) is 0 Å². The van der Waals surface area contributed by atoms with E-state index in [1.54, 1.807) is 5.57 Å². The van der Waals surface area contributed by atoms with Gasteiger partial charge in [0.15, 0.2) is 0 Å². The zero-order valence-corrected chi connectivity index (χ0v) is 10.3. The number of benzene rings is 1. The van der Waals surface area contributed by atoms with Gasteiger partial charge < -0.3 is 0 Å². The lowest BCUT2D eigenvalue weighted by atomic mass is 9.95. The summed E-state index contributed by atoms with van der Waals surface area (Å²) in [5.74, 6) is 0.598. The maximum absolute atomic E-state index is 3.63. The second kappa shape index (κ2) is 3.90. The summed E-state index contributed by atoms with van der Waals surface area (Å²) in [7, 11) is 0. The Labute approximate surface area is 94.2 Å². The van der Waals surface area contributed by atoms with Crippen LogP contribution in [0, 0.1) is 0 Å². The molecule has 0 aliphatic heterocycles. The zero-order valence-electron chi connectivity index (χ0n) is 8.68. The van der Waals surface area contributed by atoms with Crippen molar-refractivity contribution in [2.75, 3.05) is 0 Å². The van der Waals surface area contributed by atoms with Crippen LogP contribution in [0.1, 0.15) is 43.7 Å². The maximum atomic E-state index is 3.63. The highest BCUT2D eigenvalue weighted by Gasteiger charge is 2.22. The standard InChI is InChI=1S/C13H15Br/c1-3-5-10-8-11-6-4-7-12(14)13(11)9(10)2/h4,6-9H,3,5H2,1-2H3. The highest BCUT2D eigenvalue weighted by Crippen LogP contribution is 2.41. The van der Waals surface area contributed by atoms with Crippen LogP contribution in [0.25, 0.3) is 6.08 Å². The number of rotatable bonds is 2. The first kappa shape index (κ1) is 9.97. The van der Waals surface area contributed by atoms with Gasteiger partial charge in [0, 0.05) is 10.4 Å². The Balaban J connectivity index is 2.41. The van der Waals surface area contributed by atoms with Gasteiger partial charge >= 0.3 is 0 Å². The molecule has 1 aliphatic rings. The quantitative estimate of drug-likeness (QED) is 0.711. The van der Waals surface area contributed by atoms with Crippen molar-refractivity contribution in [2.45, 2.75) is 32.6 Å². The van der Waals surface area contributed by atoms with Crippen molar-refractivity contribution in [1.29, 1.82) is 0 Å². The van der Waals surface area contributed by atoms with Gasteiger partial charge in [-0.05, 0) is 23.6 Å². The van der Waals surface area contributed by atoms with Gasteiger partial charge in [-0.15, -0.1) is 0 Å². The van der Waals surface area contributed by atoms with Gasteiger partial charge in [-0.1, -0.05) is 60.0 Å². The molecule has 0 amide bonds. The number of hydrogen-bond donors (Lipinski definition) is 0. The molecule has 0 nitrogen and oxygen atoms in total. The van der Waals surface area contributed by atoms with Crippen LogP contribution >= 0.6 is 15.9 Å². The molecule has 0 saturated carbocycles. The molecule has 14 heavy (non-hydrogen) atoms. The maximum Gasteiger partial charge on any atom is 0.0219 e. The molecule has 1 aliphatic carbocycles. The van der Waals surface area contributed by atoms with Crippen LogP contribution in [0.3, 0.4) is 0 Å². The number of allylic oxidation sites excluding steroid dienone is 1. The van der Waals surface area contributed by atoms with Crippen molar-refractivity contribution in [2.24, 2.45) is 0 Å². The summed E-state index contributed by atoms with van der Waals surface area (Å²) >= 11 is 3.63. The van der Waals surface area contributed by atoms with Crippen LogP contribution in [-0.2, 0) is 0 Å². The largest absolute Gasteiger partial charge is 0.0651 e. The predicted molar refractivity (Wildman–Crippen MR) is 65.4 cm³/mol. The van der Waals surface area contributed by atoms with Gasteiger partial charge in [-0.2, -0.15) is 0 Å². The minimum Gasteiger partial charge on any atom is -0.0651 e. The number of halogens is 1. The fourth-order valence-corrected chi connectivity index (χ4v) is 2.95. The first-order valence-corrected chi connectivity index (χ1v) is 6.02. The third-order valence-corrected chi connectivity index (χ3v) is 3.65. The summed E-state index contributed by atoms with van der Waals surface area (Å²) in [4.78, 5) is 0. The first-order valence-electron chi connectivity index (χ1n) is 5.23. The van der Waals surface area contributed by atoms with Crippen molar-refractivity contribution in [1.82, 2.24) is 0 Å². The summed E-state index contributed by atoms with van der Waals surface area (Å²) in [5.41, 5.74) is 4.45. The van der Waals surface area contributed by atoms with Crippen LogP contribution in [0.15, 0.2) is 28.2 Å². The van der Waals surface area contributed by atoms with Crippen LogP contribution in [0.5, 0.6) is 0 Å². The molecule has 1 aromatic rings. The average molecular weight is 251 g/mol. The fraction of sp³-hybridized carbons (Fsp3) is 0.385. The van der Waals surface area contributed by atoms with Gasteiger partial charge in [0.05, 0.1) is 0 Å². The highest BCUT2D eigenvalue weighted by atomic mass is 79.9. The lowest BCUT2D eigenvalue weighted by molar-refractivity contribution is 0.801. The van der Waals surface area contributed by atoms with Crippen LogP contribution in [0.4, 0.5) is 0 Å². The number of fused-ring (bicyclic) bond motifs is 1. The van der Waals surface area contributed by atoms with Crippen molar-refractivity contribution >= 4 is 22.0 Å². The predicted octanol–water partition coefficient (Wildman–Crippen LogP) is 4.75. The second-order valence-electron chi connectivity index (χ2n) is 3.93. The Kier molecular flexibility index (Phi) is 2.78. The summed E-state index contributed by atoms with van der Waals surface area (Å²) in [5, 5.41) is 0. The lowest BCUT2D eigenvalue weighted by Crippen LogP contribution is -1.94. The van der Waals surface area contributed by atoms with E-state index in [0.717, 1.165) is 0 Å². The molecule has 0 fully saturated rings. The summed E-state index contributed by atoms with van der Waals surface area (Å²) in [6, 6.07) is 6.46. The fourth-order valence-electron chi connectivity index (χ4n) is 2.22. The molecule has 1 unspecified atom stereocenters. The normalized spacial score (nSPS) is 19.4. The lowest BCUT2D eigenvalue weighted by Gasteiger charge is -2.11. The van der Waals surface area contributed by atoms with Crippen LogP contribution in [0.2, 0.25) is 0 Å². The smallest absolute Gasteiger partial charge is 0.0219 e. The zero-order chi connectivity index (χ0) is 10.1. The van der Waals surface area contributed by atoms with Gasteiger partial charge in [0.1, 0.15) is 0 Å². The van der Waals surface area contributed by atoms with E-state index >= 15 is 0 Å². The number of hydrogen-bond acceptors (Lipinski definition) is 0. The Morgan fingerprint density at radius 1 is 1.36 bits per heavy atom. The SMILES string of the molecule is CCCC1=Cc2cccc(Br)c2C1C. The van der Waals surface area contributed by atoms with Gasteiger partial charge in [-0.3, -0.25) is 0 Å². The second-order valence-corrected chi connectivity index (χ2v) is 4.79. The monoisotopic (exact) mass is 250 g/mol. The summed E-state index contributed by atoms with van der Waals surface area (Å²) < 4.78 is 1.25. The van der Waals surface area contributed by atoms with E-state index < -0.39 is 0 Å². The molecular formula is C13H15Br. The minimum absolute atomic E-state index is 0.598. The molecule has 1 heteroatoms. The topological polar surface area (TPSA) is 0 Å². The van der Waals surface area contributed by atoms with Crippen molar-refractivity contribution in [3.8, 4) is 0 Å². The van der Waals surface area contributed by atoms with E-state index in [4.69, 9.17) is 0 Å². The van der Waals surface area contributed by atoms with Crippen molar-refractivity contribution in [3.63, 3.8) is 0 Å². The van der Waals surface area contributed by atoms with Gasteiger partial charge in [0.25, 0.3) is 0 Å². The van der Waals surface area contributed by atoms with E-state index in [2.05, 4.69) is 54.1 Å². The Morgan fingerprint density at radius 2 is 2.14 bits per heavy atom. The Bertz CT molecular complexity index is 377. The van der Waals surface area contributed by atoms with E-state index in [1.165, 1.54) is 28.4 Å². The molecule has 0 heterocycles. The molecule has 0 spiro atoms. The van der Waals surface area contributed by atoms with E-state index in [9.17, 15) is 0 Å². The Hall–Kier alpha value is -0.560. The molecule has 74 valence electrons. The van der Waals surface area contributed by atoms with E-state index in [-0.39, 0.29) is 0 Å². The van der Waals surface area contributed by atoms with Crippen molar-refractivity contribution in [3.05, 3.63) is 39.4 Å². The average Bonchev–Trinajstić information content (AvgIpc) is 2.46. The van der Waals surface area contributed by atoms with E-state index in [0.29, 0.717) is 5.92 Å². The minimum atomic E-state index is 0.598. The molecule has 2 rings (SSSR count). The molecule has 0 aromatic heterocycles. The summed E-state index contributed by atoms with van der Waals surface area (Å²) in [6.07, 6.45) is 4.82. The third kappa shape index (κ3) is 1.54. The van der Waals surface area contributed by atoms with Crippen molar-refractivity contribution < 1.29 is 0 Å². The molecule has 0 bridgehead atoms. The Morgan fingerprint density at radius 3 is 2.79 bits per heavy atom. The molecule has 0 N–H and O–H groups in total. The molecule has 1 aromatic carbocycles. The van der Waals surface area contributed by atoms with Crippen LogP contribution in [-0.4, -0.2) is 0 Å². The third-order valence-electron chi connectivity index (χ3n) is 2.96. The molecular weight excluding hydrogens is 236 g/mol. The molecule has 0 radical (unpaired) electrons. The highest BCUT2D eigenvalue weighted by molar-refractivity contribution is 9.10. The van der Waals surface area contributed by atoms with E-state index in [1.807, 2.05) is 0 Å². The summed E-state index contributed by atoms with van der Waals surface area (Å²) in [6.45, 7) is 4.55. The molecule has 0 saturated heterocycles. The first-order chi connectivity index (χ1) is 6.74. The van der Waals surface area contributed by atoms with Gasteiger partial charge in [0.2, 0.25) is 0 Å². The molecule has 1 atom stereocenters. The van der Waals surface area contributed by atoms with Crippen LogP contribution < -0.4 is 0 Å².